The van der Waals surface area contributed by atoms with E-state index in [0.717, 1.165) is 23.8 Å². The number of pyridine rings is 1. The van der Waals surface area contributed by atoms with Gasteiger partial charge in [0.15, 0.2) is 0 Å². The molecular formula is C24H35N5O3. The summed E-state index contributed by atoms with van der Waals surface area (Å²) in [5, 5.41) is 0.315. The van der Waals surface area contributed by atoms with Gasteiger partial charge in [-0.2, -0.15) is 4.98 Å². The number of H-pyrrole nitrogens is 1. The molecule has 3 rings (SSSR count). The molecular weight excluding hydrogens is 406 g/mol. The van der Waals surface area contributed by atoms with Crippen LogP contribution in [-0.4, -0.2) is 24.1 Å². The Morgan fingerprint density at radius 3 is 2.09 bits per heavy atom. The summed E-state index contributed by atoms with van der Waals surface area (Å²) in [4.78, 5) is 49.1. The second kappa shape index (κ2) is 11.2. The van der Waals surface area contributed by atoms with Crippen molar-refractivity contribution in [1.82, 2.24) is 24.1 Å². The van der Waals surface area contributed by atoms with Gasteiger partial charge in [-0.3, -0.25) is 19.1 Å². The molecule has 174 valence electrons. The third kappa shape index (κ3) is 5.34. The monoisotopic (exact) mass is 441 g/mol. The van der Waals surface area contributed by atoms with Gasteiger partial charge in [0.25, 0.3) is 11.1 Å². The highest BCUT2D eigenvalue weighted by atomic mass is 16.2. The first-order valence-electron chi connectivity index (χ1n) is 12.0. The predicted octanol–water partition coefficient (Wildman–Crippen LogP) is 4.00. The first-order chi connectivity index (χ1) is 15.5. The number of hydrogen-bond donors (Lipinski definition) is 1. The lowest BCUT2D eigenvalue weighted by molar-refractivity contribution is 0.536. The molecule has 2 aliphatic rings. The van der Waals surface area contributed by atoms with E-state index in [1.807, 2.05) is 4.57 Å². The molecule has 3 heterocycles. The molecule has 1 N–H and O–H groups in total. The van der Waals surface area contributed by atoms with Crippen molar-refractivity contribution >= 4 is 11.0 Å². The van der Waals surface area contributed by atoms with E-state index in [2.05, 4.69) is 21.9 Å². The highest BCUT2D eigenvalue weighted by Gasteiger charge is 2.20. The molecule has 8 heteroatoms. The molecule has 0 amide bonds. The maximum absolute atomic E-state index is 12.9. The van der Waals surface area contributed by atoms with Crippen molar-refractivity contribution in [2.75, 3.05) is 0 Å². The molecule has 32 heavy (non-hydrogen) atoms. The molecule has 0 radical (unpaired) electrons. The number of nitrogens with one attached hydrogen (secondary N) is 1. The lowest BCUT2D eigenvalue weighted by Crippen LogP contribution is -2.36. The van der Waals surface area contributed by atoms with Crippen LogP contribution in [0.4, 0.5) is 0 Å². The summed E-state index contributed by atoms with van der Waals surface area (Å²) >= 11 is 0. The molecule has 0 atom stereocenters. The standard InChI is InChI=1S/C24H35N5O3/c1-4-6-7-8-9-10-11-12-13-14-15-29-20-18(22(30)26-17(3)25-20)16-19-21(29)27-24(32)28(5-2)23(19)31/h16H,4-15H2,1-3H3,(H,27,32). The summed E-state index contributed by atoms with van der Waals surface area (Å²) < 4.78 is 2.95. The van der Waals surface area contributed by atoms with E-state index < -0.39 is 16.8 Å². The van der Waals surface area contributed by atoms with Gasteiger partial charge in [-0.25, -0.2) is 9.78 Å². The quantitative estimate of drug-likeness (QED) is 0.338. The normalized spacial score (nSPS) is 11.6. The van der Waals surface area contributed by atoms with E-state index >= 15 is 0 Å². The molecule has 8 nitrogen and oxygen atoms in total. The van der Waals surface area contributed by atoms with Gasteiger partial charge in [0, 0.05) is 13.1 Å². The average Bonchev–Trinajstić information content (AvgIpc) is 2.75. The Kier molecular flexibility index (Phi) is 8.36. The fourth-order valence-electron chi connectivity index (χ4n) is 4.30. The van der Waals surface area contributed by atoms with Crippen LogP contribution in [0, 0.1) is 6.92 Å². The zero-order chi connectivity index (χ0) is 23.1. The van der Waals surface area contributed by atoms with E-state index in [9.17, 15) is 14.4 Å². The van der Waals surface area contributed by atoms with Crippen molar-refractivity contribution in [3.63, 3.8) is 0 Å². The van der Waals surface area contributed by atoms with Crippen molar-refractivity contribution in [2.24, 2.45) is 0 Å². The molecule has 0 unspecified atom stereocenters. The number of aromatic amines is 1. The fraction of sp³-hybridized carbons (Fsp3) is 0.625. The van der Waals surface area contributed by atoms with Gasteiger partial charge in [-0.1, -0.05) is 64.7 Å². The first-order valence-corrected chi connectivity index (χ1v) is 12.0. The highest BCUT2D eigenvalue weighted by Crippen LogP contribution is 2.22. The average molecular weight is 442 g/mol. The summed E-state index contributed by atoms with van der Waals surface area (Å²) in [6, 6.07) is 1.52. The second-order valence-electron chi connectivity index (χ2n) is 8.53. The van der Waals surface area contributed by atoms with Gasteiger partial charge in [0.1, 0.15) is 17.3 Å². The van der Waals surface area contributed by atoms with Crippen molar-refractivity contribution in [1.29, 1.82) is 0 Å². The zero-order valence-corrected chi connectivity index (χ0v) is 19.6. The number of hydrogen-bond acceptors (Lipinski definition) is 5. The van der Waals surface area contributed by atoms with Crippen molar-refractivity contribution < 1.29 is 0 Å². The van der Waals surface area contributed by atoms with Crippen LogP contribution in [-0.2, 0) is 13.1 Å². The summed E-state index contributed by atoms with van der Waals surface area (Å²) in [7, 11) is 0. The van der Waals surface area contributed by atoms with Gasteiger partial charge in [0.2, 0.25) is 0 Å². The van der Waals surface area contributed by atoms with Gasteiger partial charge in [-0.05, 0) is 26.3 Å². The van der Waals surface area contributed by atoms with Crippen LogP contribution in [0.3, 0.4) is 0 Å². The molecule has 0 aliphatic carbocycles. The number of aromatic nitrogens is 5. The summed E-state index contributed by atoms with van der Waals surface area (Å²) in [5.74, 6) is 0.846. The first kappa shape index (κ1) is 23.9. The summed E-state index contributed by atoms with van der Waals surface area (Å²) in [6.07, 6.45) is 12.1. The minimum Gasteiger partial charge on any atom is -0.311 e. The Labute approximate surface area is 188 Å². The Bertz CT molecular complexity index is 1190. The number of unbranched alkanes of at least 4 members (excludes halogenated alkanes) is 9. The third-order valence-corrected chi connectivity index (χ3v) is 6.07. The van der Waals surface area contributed by atoms with Crippen LogP contribution < -0.4 is 16.8 Å². The molecule has 0 aromatic carbocycles. The van der Waals surface area contributed by atoms with Crippen LogP contribution in [0.25, 0.3) is 22.4 Å². The van der Waals surface area contributed by atoms with Gasteiger partial charge in [0.05, 0.1) is 10.9 Å². The van der Waals surface area contributed by atoms with Gasteiger partial charge >= 0.3 is 5.69 Å². The van der Waals surface area contributed by atoms with E-state index in [1.54, 1.807) is 13.8 Å². The predicted molar refractivity (Wildman–Crippen MR) is 128 cm³/mol. The van der Waals surface area contributed by atoms with Crippen molar-refractivity contribution in [2.45, 2.75) is 98.1 Å². The Hall–Kier alpha value is -2.77. The Morgan fingerprint density at radius 2 is 1.47 bits per heavy atom. The lowest BCUT2D eigenvalue weighted by atomic mass is 10.1. The lowest BCUT2D eigenvalue weighted by Gasteiger charge is -2.18. The fourth-order valence-corrected chi connectivity index (χ4v) is 4.30. The topological polar surface area (TPSA) is 103 Å². The van der Waals surface area contributed by atoms with Gasteiger partial charge < -0.3 is 4.57 Å². The molecule has 2 aliphatic heterocycles. The van der Waals surface area contributed by atoms with Gasteiger partial charge in [-0.15, -0.1) is 0 Å². The minimum atomic E-state index is -0.450. The Morgan fingerprint density at radius 1 is 0.844 bits per heavy atom. The molecule has 1 aromatic rings. The summed E-state index contributed by atoms with van der Waals surface area (Å²) in [5.41, 5.74) is -0.522. The molecule has 0 fully saturated rings. The molecule has 0 spiro atoms. The maximum atomic E-state index is 12.9. The number of fused-ring (bicyclic) bond motifs is 2. The zero-order valence-electron chi connectivity index (χ0n) is 19.6. The number of rotatable bonds is 12. The minimum absolute atomic E-state index is 0.259. The van der Waals surface area contributed by atoms with Crippen molar-refractivity contribution in [3.05, 3.63) is 43.1 Å². The summed E-state index contributed by atoms with van der Waals surface area (Å²) in [6.45, 7) is 6.49. The number of aryl methyl sites for hydroxylation is 2. The molecule has 0 saturated heterocycles. The smallest absolute Gasteiger partial charge is 0.311 e. The van der Waals surface area contributed by atoms with E-state index in [1.165, 1.54) is 51.0 Å². The van der Waals surface area contributed by atoms with E-state index in [0.29, 0.717) is 34.8 Å². The van der Waals surface area contributed by atoms with Crippen LogP contribution in [0.1, 0.15) is 83.9 Å². The van der Waals surface area contributed by atoms with Crippen LogP contribution in [0.2, 0.25) is 0 Å². The van der Waals surface area contributed by atoms with Crippen LogP contribution >= 0.6 is 0 Å². The van der Waals surface area contributed by atoms with E-state index in [4.69, 9.17) is 0 Å². The van der Waals surface area contributed by atoms with Crippen LogP contribution in [0.5, 0.6) is 0 Å². The maximum Gasteiger partial charge on any atom is 0.329 e. The molecule has 0 saturated carbocycles. The molecule has 1 aromatic heterocycles. The highest BCUT2D eigenvalue weighted by molar-refractivity contribution is 5.81. The number of nitrogens with zero attached hydrogens (tertiary/aromatic N) is 4. The largest absolute Gasteiger partial charge is 0.329 e. The van der Waals surface area contributed by atoms with Crippen molar-refractivity contribution in [3.8, 4) is 11.4 Å². The van der Waals surface area contributed by atoms with Crippen LogP contribution in [0.15, 0.2) is 20.4 Å². The SMILES string of the molecule is CCCCCCCCCCCCn1c2nc(C)nc(=O)c-2cc2c(=O)n(CC)c(=O)[nH]c21. The second-order valence-corrected chi connectivity index (χ2v) is 8.53. The third-order valence-electron chi connectivity index (χ3n) is 6.07. The van der Waals surface area contributed by atoms with E-state index in [-0.39, 0.29) is 6.54 Å². The Balaban J connectivity index is 1.81. The molecule has 0 bridgehead atoms.